The highest BCUT2D eigenvalue weighted by Gasteiger charge is 2.11. The Balaban J connectivity index is 2.45. The summed E-state index contributed by atoms with van der Waals surface area (Å²) in [4.78, 5) is 0. The number of hydrogen-bond acceptors (Lipinski definition) is 3. The number of hydroxylamine groups is 1. The van der Waals surface area contributed by atoms with Crippen molar-refractivity contribution in [1.29, 1.82) is 0 Å². The molecule has 0 amide bonds. The first-order chi connectivity index (χ1) is 3.30. The Hall–Kier alpha value is 0.01000. The van der Waals surface area contributed by atoms with Crippen LogP contribution in [-0.4, -0.2) is 15.7 Å². The maximum absolute atomic E-state index is 8.73. The fourth-order valence-corrected chi connectivity index (χ4v) is 1.07. The Kier molecular flexibility index (Phi) is 1.37. The molecule has 0 bridgehead atoms. The van der Waals surface area contributed by atoms with Crippen LogP contribution in [0.3, 0.4) is 0 Å². The number of hydrogen-bond donors (Lipinski definition) is 1. The molecule has 1 aliphatic heterocycles. The molecule has 1 N–H and O–H groups in total. The van der Waals surface area contributed by atoms with Gasteiger partial charge >= 0.3 is 0 Å². The number of nitrogens with zero attached hydrogens (tertiary/aromatic N) is 1. The monoisotopic (exact) mass is 117 g/mol. The van der Waals surface area contributed by atoms with Gasteiger partial charge in [-0.2, -0.15) is 0 Å². The van der Waals surface area contributed by atoms with Gasteiger partial charge in [-0.25, -0.2) is 0 Å². The Bertz CT molecular complexity index is 93.7. The van der Waals surface area contributed by atoms with Crippen LogP contribution in [0.2, 0.25) is 0 Å². The van der Waals surface area contributed by atoms with E-state index in [2.05, 4.69) is 0 Å². The molecule has 1 atom stereocenters. The average Bonchev–Trinajstić information content (AvgIpc) is 1.91. The minimum absolute atomic E-state index is 0.185. The smallest absolute Gasteiger partial charge is 0.0629 e. The fourth-order valence-electron chi connectivity index (χ4n) is 0.381. The van der Waals surface area contributed by atoms with Gasteiger partial charge < -0.3 is 5.21 Å². The molecule has 0 radical (unpaired) electrons. The van der Waals surface area contributed by atoms with Crippen LogP contribution >= 0.6 is 11.9 Å². The Morgan fingerprint density at radius 3 is 2.71 bits per heavy atom. The molecule has 0 fully saturated rings. The van der Waals surface area contributed by atoms with Gasteiger partial charge in [0, 0.05) is 0 Å². The van der Waals surface area contributed by atoms with E-state index in [1.165, 1.54) is 16.4 Å². The first kappa shape index (κ1) is 5.15. The van der Waals surface area contributed by atoms with Crippen molar-refractivity contribution in [3.63, 3.8) is 0 Å². The number of rotatable bonds is 0. The summed E-state index contributed by atoms with van der Waals surface area (Å²) in [5.74, 6) is 0. The molecule has 0 saturated carbocycles. The highest BCUT2D eigenvalue weighted by molar-refractivity contribution is 8.00. The van der Waals surface area contributed by atoms with Gasteiger partial charge in [0.15, 0.2) is 0 Å². The summed E-state index contributed by atoms with van der Waals surface area (Å²) in [7, 11) is 0. The first-order valence-electron chi connectivity index (χ1n) is 2.12. The predicted molar refractivity (Wildman–Crippen MR) is 29.8 cm³/mol. The summed E-state index contributed by atoms with van der Waals surface area (Å²) in [6.07, 6.45) is 1.94. The van der Waals surface area contributed by atoms with Gasteiger partial charge in [-0.05, 0) is 24.3 Å². The zero-order valence-electron chi connectivity index (χ0n) is 4.03. The molecule has 0 saturated heterocycles. The van der Waals surface area contributed by atoms with Gasteiger partial charge in [-0.15, -0.1) is 4.47 Å². The average molecular weight is 117 g/mol. The third-order valence-corrected chi connectivity index (χ3v) is 1.70. The molecule has 0 aliphatic carbocycles. The van der Waals surface area contributed by atoms with Crippen LogP contribution in [0, 0.1) is 0 Å². The summed E-state index contributed by atoms with van der Waals surface area (Å²) in [6.45, 7) is 1.93. The molecule has 1 heterocycles. The van der Waals surface area contributed by atoms with Crippen molar-refractivity contribution in [2.45, 2.75) is 13.0 Å². The molecule has 1 rings (SSSR count). The predicted octanol–water partition coefficient (Wildman–Crippen LogP) is 1.24. The molecule has 1 unspecified atom stereocenters. The molecule has 3 heteroatoms. The third kappa shape index (κ3) is 0.964. The van der Waals surface area contributed by atoms with Crippen LogP contribution in [0.25, 0.3) is 0 Å². The van der Waals surface area contributed by atoms with Gasteiger partial charge in [-0.3, -0.25) is 0 Å². The maximum atomic E-state index is 8.73. The summed E-state index contributed by atoms with van der Waals surface area (Å²) < 4.78 is 1.21. The second-order valence-corrected chi connectivity index (χ2v) is 2.33. The fraction of sp³-hybridized carbons (Fsp3) is 0.500. The van der Waals surface area contributed by atoms with Crippen LogP contribution in [0.5, 0.6) is 0 Å². The Labute approximate surface area is 46.9 Å². The zero-order valence-corrected chi connectivity index (χ0v) is 4.85. The SMILES string of the molecule is CC1C=CSN1O. The molecule has 40 valence electrons. The maximum Gasteiger partial charge on any atom is 0.0629 e. The van der Waals surface area contributed by atoms with Crippen molar-refractivity contribution in [1.82, 2.24) is 4.47 Å². The van der Waals surface area contributed by atoms with E-state index in [9.17, 15) is 0 Å². The van der Waals surface area contributed by atoms with E-state index in [1.807, 2.05) is 18.4 Å². The lowest BCUT2D eigenvalue weighted by Gasteiger charge is -2.07. The van der Waals surface area contributed by atoms with Gasteiger partial charge in [0.2, 0.25) is 0 Å². The molecule has 0 aromatic rings. The van der Waals surface area contributed by atoms with E-state index in [0.29, 0.717) is 0 Å². The molecule has 0 aromatic heterocycles. The van der Waals surface area contributed by atoms with Crippen LogP contribution in [-0.2, 0) is 0 Å². The lowest BCUT2D eigenvalue weighted by Crippen LogP contribution is -2.15. The van der Waals surface area contributed by atoms with Gasteiger partial charge in [0.05, 0.1) is 6.04 Å². The van der Waals surface area contributed by atoms with Crippen molar-refractivity contribution >= 4 is 11.9 Å². The second kappa shape index (κ2) is 1.86. The quantitative estimate of drug-likeness (QED) is 0.483. The van der Waals surface area contributed by atoms with Gasteiger partial charge in [0.1, 0.15) is 0 Å². The molecule has 1 aliphatic rings. The molecule has 0 spiro atoms. The van der Waals surface area contributed by atoms with Crippen molar-refractivity contribution < 1.29 is 5.21 Å². The Morgan fingerprint density at radius 1 is 1.86 bits per heavy atom. The van der Waals surface area contributed by atoms with E-state index in [4.69, 9.17) is 5.21 Å². The molecule has 7 heavy (non-hydrogen) atoms. The largest absolute Gasteiger partial charge is 0.302 e. The van der Waals surface area contributed by atoms with E-state index >= 15 is 0 Å². The molecular weight excluding hydrogens is 110 g/mol. The van der Waals surface area contributed by atoms with Gasteiger partial charge in [-0.1, -0.05) is 6.08 Å². The summed E-state index contributed by atoms with van der Waals surface area (Å²) in [6, 6.07) is 0.185. The van der Waals surface area contributed by atoms with E-state index < -0.39 is 0 Å². The molecular formula is C4H7NOS. The van der Waals surface area contributed by atoms with Crippen LogP contribution in [0.15, 0.2) is 11.5 Å². The molecule has 0 aromatic carbocycles. The van der Waals surface area contributed by atoms with Crippen molar-refractivity contribution in [3.05, 3.63) is 11.5 Å². The third-order valence-electron chi connectivity index (χ3n) is 0.874. The van der Waals surface area contributed by atoms with Crippen molar-refractivity contribution in [3.8, 4) is 0 Å². The van der Waals surface area contributed by atoms with Crippen LogP contribution in [0.4, 0.5) is 0 Å². The van der Waals surface area contributed by atoms with E-state index in [1.54, 1.807) is 0 Å². The summed E-state index contributed by atoms with van der Waals surface area (Å²) in [5.41, 5.74) is 0. The molecule has 2 nitrogen and oxygen atoms in total. The minimum atomic E-state index is 0.185. The zero-order chi connectivity index (χ0) is 5.28. The normalized spacial score (nSPS) is 32.0. The van der Waals surface area contributed by atoms with Gasteiger partial charge in [0.25, 0.3) is 0 Å². The highest BCUT2D eigenvalue weighted by Crippen LogP contribution is 2.19. The Morgan fingerprint density at radius 2 is 2.57 bits per heavy atom. The minimum Gasteiger partial charge on any atom is -0.302 e. The van der Waals surface area contributed by atoms with Crippen molar-refractivity contribution in [2.75, 3.05) is 0 Å². The van der Waals surface area contributed by atoms with Crippen molar-refractivity contribution in [2.24, 2.45) is 0 Å². The van der Waals surface area contributed by atoms with Crippen LogP contribution in [0.1, 0.15) is 6.92 Å². The summed E-state index contributed by atoms with van der Waals surface area (Å²) >= 11 is 1.31. The second-order valence-electron chi connectivity index (χ2n) is 1.48. The lowest BCUT2D eigenvalue weighted by molar-refractivity contribution is 0.00212. The van der Waals surface area contributed by atoms with E-state index in [0.717, 1.165) is 0 Å². The standard InChI is InChI=1S/C4H7NOS/c1-4-2-3-7-5(4)6/h2-4,6H,1H3. The topological polar surface area (TPSA) is 23.5 Å². The lowest BCUT2D eigenvalue weighted by atomic mass is 10.4. The van der Waals surface area contributed by atoms with Crippen LogP contribution < -0.4 is 0 Å². The summed E-state index contributed by atoms with van der Waals surface area (Å²) in [5, 5.41) is 10.6. The van der Waals surface area contributed by atoms with E-state index in [-0.39, 0.29) is 6.04 Å². The first-order valence-corrected chi connectivity index (χ1v) is 2.96. The highest BCUT2D eigenvalue weighted by atomic mass is 32.2.